The number of carbonyl (C=O) groups excluding carboxylic acids is 1. The molecule has 0 aliphatic rings. The Morgan fingerprint density at radius 3 is 2.63 bits per heavy atom. The van der Waals surface area contributed by atoms with Gasteiger partial charge in [-0.3, -0.25) is 0 Å². The minimum atomic E-state index is -0.352. The molecule has 1 N–H and O–H groups in total. The van der Waals surface area contributed by atoms with Crippen molar-refractivity contribution >= 4 is 38.4 Å². The van der Waals surface area contributed by atoms with Crippen molar-refractivity contribution < 1.29 is 14.3 Å². The second-order valence-electron chi connectivity index (χ2n) is 6.30. The zero-order valence-corrected chi connectivity index (χ0v) is 17.0. The van der Waals surface area contributed by atoms with Gasteiger partial charge in [0.15, 0.2) is 0 Å². The van der Waals surface area contributed by atoms with E-state index in [1.807, 2.05) is 37.3 Å². The van der Waals surface area contributed by atoms with Gasteiger partial charge in [0.25, 0.3) is 0 Å². The third-order valence-corrected chi connectivity index (χ3v) is 4.88. The fourth-order valence-electron chi connectivity index (χ4n) is 2.93. The Kier molecular flexibility index (Phi) is 6.35. The van der Waals surface area contributed by atoms with Crippen molar-refractivity contribution in [1.29, 1.82) is 0 Å². The number of nitrogens with one attached hydrogen (secondary N) is 1. The first-order chi connectivity index (χ1) is 13.1. The number of esters is 1. The summed E-state index contributed by atoms with van der Waals surface area (Å²) in [5, 5.41) is 5.68. The van der Waals surface area contributed by atoms with Crippen molar-refractivity contribution in [2.24, 2.45) is 0 Å². The van der Waals surface area contributed by atoms with Crippen LogP contribution in [-0.2, 0) is 4.74 Å². The quantitative estimate of drug-likeness (QED) is 0.394. The number of halogens is 1. The highest BCUT2D eigenvalue weighted by Crippen LogP contribution is 2.29. The summed E-state index contributed by atoms with van der Waals surface area (Å²) in [4.78, 5) is 12.0. The number of hydrogen-bond acceptors (Lipinski definition) is 4. The summed E-state index contributed by atoms with van der Waals surface area (Å²) < 4.78 is 11.6. The van der Waals surface area contributed by atoms with Gasteiger partial charge < -0.3 is 14.8 Å². The highest BCUT2D eigenvalue weighted by Gasteiger charge is 2.15. The molecule has 0 amide bonds. The van der Waals surface area contributed by atoms with Gasteiger partial charge in [0.1, 0.15) is 5.75 Å². The largest absolute Gasteiger partial charge is 0.494 e. The first kappa shape index (κ1) is 19.2. The predicted molar refractivity (Wildman–Crippen MR) is 113 cm³/mol. The highest BCUT2D eigenvalue weighted by atomic mass is 79.9. The second-order valence-corrected chi connectivity index (χ2v) is 7.15. The Morgan fingerprint density at radius 2 is 1.85 bits per heavy atom. The third kappa shape index (κ3) is 4.80. The standard InChI is InChI=1S/C22H22BrNO3/c1-15-12-19(22(25)26-2)21(20(23)13-15)24-10-5-11-27-18-9-8-16-6-3-4-7-17(16)14-18/h3-4,6-9,12-14,24H,5,10-11H2,1-2H3. The van der Waals surface area contributed by atoms with Gasteiger partial charge in [-0.1, -0.05) is 30.3 Å². The molecule has 0 fully saturated rings. The van der Waals surface area contributed by atoms with Crippen LogP contribution in [0.1, 0.15) is 22.3 Å². The van der Waals surface area contributed by atoms with Crippen LogP contribution in [0.5, 0.6) is 5.75 Å². The van der Waals surface area contributed by atoms with Crippen molar-refractivity contribution in [3.05, 3.63) is 70.2 Å². The van der Waals surface area contributed by atoms with Crippen LogP contribution in [-0.4, -0.2) is 26.2 Å². The van der Waals surface area contributed by atoms with E-state index in [9.17, 15) is 4.79 Å². The Bertz CT molecular complexity index is 955. The maximum absolute atomic E-state index is 12.0. The third-order valence-electron chi connectivity index (χ3n) is 4.25. The maximum atomic E-state index is 12.0. The Labute approximate surface area is 167 Å². The lowest BCUT2D eigenvalue weighted by molar-refractivity contribution is 0.0601. The van der Waals surface area contributed by atoms with Gasteiger partial charge in [0.2, 0.25) is 0 Å². The molecule has 3 rings (SSSR count). The van der Waals surface area contributed by atoms with Gasteiger partial charge >= 0.3 is 5.97 Å². The van der Waals surface area contributed by atoms with Crippen LogP contribution < -0.4 is 10.1 Å². The highest BCUT2D eigenvalue weighted by molar-refractivity contribution is 9.10. The molecule has 27 heavy (non-hydrogen) atoms. The van der Waals surface area contributed by atoms with Crippen LogP contribution in [0.25, 0.3) is 10.8 Å². The summed E-state index contributed by atoms with van der Waals surface area (Å²) in [6.45, 7) is 3.21. The smallest absolute Gasteiger partial charge is 0.340 e. The summed E-state index contributed by atoms with van der Waals surface area (Å²) in [5.41, 5.74) is 2.27. The van der Waals surface area contributed by atoms with Gasteiger partial charge in [-0.05, 0) is 69.9 Å². The number of carbonyl (C=O) groups is 1. The fraction of sp³-hybridized carbons (Fsp3) is 0.227. The number of methoxy groups -OCH3 is 1. The molecule has 0 saturated heterocycles. The lowest BCUT2D eigenvalue weighted by Crippen LogP contribution is -2.12. The molecule has 5 heteroatoms. The zero-order valence-electron chi connectivity index (χ0n) is 15.4. The van der Waals surface area contributed by atoms with Gasteiger partial charge in [-0.2, -0.15) is 0 Å². The lowest BCUT2D eigenvalue weighted by atomic mass is 10.1. The normalized spacial score (nSPS) is 10.6. The molecule has 3 aromatic rings. The molecule has 3 aromatic carbocycles. The molecule has 0 atom stereocenters. The maximum Gasteiger partial charge on any atom is 0.340 e. The lowest BCUT2D eigenvalue weighted by Gasteiger charge is -2.14. The molecule has 0 spiro atoms. The molecule has 140 valence electrons. The number of fused-ring (bicyclic) bond motifs is 1. The first-order valence-electron chi connectivity index (χ1n) is 8.82. The van der Waals surface area contributed by atoms with Gasteiger partial charge in [-0.25, -0.2) is 4.79 Å². The van der Waals surface area contributed by atoms with Gasteiger partial charge in [-0.15, -0.1) is 0 Å². The fourth-order valence-corrected chi connectivity index (χ4v) is 3.64. The molecule has 0 radical (unpaired) electrons. The van der Waals surface area contributed by atoms with E-state index in [0.717, 1.165) is 27.9 Å². The molecule has 0 aliphatic heterocycles. The van der Waals surface area contributed by atoms with Crippen LogP contribution >= 0.6 is 15.9 Å². The summed E-state index contributed by atoms with van der Waals surface area (Å²) in [5.74, 6) is 0.509. The number of benzene rings is 3. The minimum absolute atomic E-state index is 0.352. The molecular formula is C22H22BrNO3. The van der Waals surface area contributed by atoms with E-state index in [2.05, 4.69) is 45.5 Å². The Hall–Kier alpha value is -2.53. The van der Waals surface area contributed by atoms with E-state index in [0.29, 0.717) is 18.7 Å². The summed E-state index contributed by atoms with van der Waals surface area (Å²) in [6.07, 6.45) is 0.799. The number of rotatable bonds is 7. The number of ether oxygens (including phenoxy) is 2. The first-order valence-corrected chi connectivity index (χ1v) is 9.61. The minimum Gasteiger partial charge on any atom is -0.494 e. The summed E-state index contributed by atoms with van der Waals surface area (Å²) in [6, 6.07) is 18.1. The predicted octanol–water partition coefficient (Wildman–Crippen LogP) is 5.58. The van der Waals surface area contributed by atoms with Crippen molar-refractivity contribution in [2.45, 2.75) is 13.3 Å². The van der Waals surface area contributed by atoms with Crippen LogP contribution in [0.15, 0.2) is 59.1 Å². The van der Waals surface area contributed by atoms with E-state index < -0.39 is 0 Å². The number of anilines is 1. The zero-order chi connectivity index (χ0) is 19.2. The summed E-state index contributed by atoms with van der Waals surface area (Å²) >= 11 is 3.52. The number of aryl methyl sites for hydroxylation is 1. The van der Waals surface area contributed by atoms with Gasteiger partial charge in [0.05, 0.1) is 25.0 Å². The molecule has 0 heterocycles. The molecule has 4 nitrogen and oxygen atoms in total. The molecule has 0 aliphatic carbocycles. The van der Waals surface area contributed by atoms with Crippen LogP contribution in [0, 0.1) is 6.92 Å². The monoisotopic (exact) mass is 427 g/mol. The van der Waals surface area contributed by atoms with Crippen molar-refractivity contribution in [3.63, 3.8) is 0 Å². The van der Waals surface area contributed by atoms with Crippen molar-refractivity contribution in [3.8, 4) is 5.75 Å². The van der Waals surface area contributed by atoms with E-state index in [1.165, 1.54) is 17.9 Å². The molecule has 0 bridgehead atoms. The van der Waals surface area contributed by atoms with Gasteiger partial charge in [0, 0.05) is 11.0 Å². The summed E-state index contributed by atoms with van der Waals surface area (Å²) in [7, 11) is 1.39. The van der Waals surface area contributed by atoms with Crippen LogP contribution in [0.2, 0.25) is 0 Å². The number of hydrogen-bond donors (Lipinski definition) is 1. The molecule has 0 aromatic heterocycles. The van der Waals surface area contributed by atoms with E-state index in [4.69, 9.17) is 9.47 Å². The van der Waals surface area contributed by atoms with E-state index >= 15 is 0 Å². The molecular weight excluding hydrogens is 406 g/mol. The topological polar surface area (TPSA) is 47.6 Å². The van der Waals surface area contributed by atoms with E-state index in [-0.39, 0.29) is 5.97 Å². The average Bonchev–Trinajstić information content (AvgIpc) is 2.68. The van der Waals surface area contributed by atoms with Crippen LogP contribution in [0.3, 0.4) is 0 Å². The van der Waals surface area contributed by atoms with Crippen molar-refractivity contribution in [1.82, 2.24) is 0 Å². The Morgan fingerprint density at radius 1 is 1.07 bits per heavy atom. The van der Waals surface area contributed by atoms with E-state index in [1.54, 1.807) is 0 Å². The molecule has 0 unspecified atom stereocenters. The van der Waals surface area contributed by atoms with Crippen LogP contribution in [0.4, 0.5) is 5.69 Å². The Balaban J connectivity index is 1.56. The SMILES string of the molecule is COC(=O)c1cc(C)cc(Br)c1NCCCOc1ccc2ccccc2c1. The second kappa shape index (κ2) is 8.91. The average molecular weight is 428 g/mol. The molecule has 0 saturated carbocycles. The van der Waals surface area contributed by atoms with Crippen molar-refractivity contribution in [2.75, 3.05) is 25.6 Å².